The standard InChI is InChI=1S/C34H36ClN3O5S/c1-3-20-36-34(40)32(22-26-12-6-4-7-13-26)37(24-27-14-10-15-28(35)21-27)33(39)25-38(29-16-11-17-30(23-29)43-2)44(41,42)31-18-8-5-9-19-31/h4-19,21,23,32H,3,20,22,24-25H2,1-2H3,(H,36,40)/t32-/m0/s1. The average Bonchev–Trinajstić information content (AvgIpc) is 3.04. The van der Waals surface area contributed by atoms with Crippen molar-refractivity contribution in [3.05, 3.63) is 125 Å². The van der Waals surface area contributed by atoms with E-state index in [1.165, 1.54) is 24.1 Å². The van der Waals surface area contributed by atoms with Gasteiger partial charge in [-0.15, -0.1) is 0 Å². The van der Waals surface area contributed by atoms with Crippen LogP contribution < -0.4 is 14.4 Å². The van der Waals surface area contributed by atoms with Crippen molar-refractivity contribution < 1.29 is 22.7 Å². The zero-order valence-electron chi connectivity index (χ0n) is 24.7. The smallest absolute Gasteiger partial charge is 0.264 e. The number of ether oxygens (including phenoxy) is 1. The third-order valence-corrected chi connectivity index (χ3v) is 9.04. The first-order chi connectivity index (χ1) is 21.2. The van der Waals surface area contributed by atoms with Gasteiger partial charge >= 0.3 is 0 Å². The van der Waals surface area contributed by atoms with Crippen molar-refractivity contribution in [3.8, 4) is 5.75 Å². The minimum Gasteiger partial charge on any atom is -0.497 e. The Bertz CT molecular complexity index is 1650. The summed E-state index contributed by atoms with van der Waals surface area (Å²) in [5, 5.41) is 3.42. The molecule has 0 bridgehead atoms. The highest BCUT2D eigenvalue weighted by Crippen LogP contribution is 2.28. The van der Waals surface area contributed by atoms with Crippen LogP contribution in [-0.4, -0.2) is 51.4 Å². The number of carbonyl (C=O) groups excluding carboxylic acids is 2. The quantitative estimate of drug-likeness (QED) is 0.192. The molecule has 0 unspecified atom stereocenters. The molecule has 2 amide bonds. The molecule has 230 valence electrons. The third-order valence-electron chi connectivity index (χ3n) is 7.01. The molecule has 1 N–H and O–H groups in total. The molecule has 0 aliphatic rings. The minimum absolute atomic E-state index is 0.0264. The van der Waals surface area contributed by atoms with Gasteiger partial charge in [0.15, 0.2) is 0 Å². The lowest BCUT2D eigenvalue weighted by atomic mass is 10.0. The maximum atomic E-state index is 14.4. The van der Waals surface area contributed by atoms with E-state index in [0.29, 0.717) is 29.3 Å². The SMILES string of the molecule is CCCNC(=O)[C@H](Cc1ccccc1)N(Cc1cccc(Cl)c1)C(=O)CN(c1cccc(OC)c1)S(=O)(=O)c1ccccc1. The molecule has 0 spiro atoms. The van der Waals surface area contributed by atoms with Crippen LogP contribution in [0.1, 0.15) is 24.5 Å². The zero-order chi connectivity index (χ0) is 31.5. The van der Waals surface area contributed by atoms with Crippen LogP contribution in [0, 0.1) is 0 Å². The average molecular weight is 634 g/mol. The lowest BCUT2D eigenvalue weighted by Crippen LogP contribution is -2.53. The first-order valence-corrected chi connectivity index (χ1v) is 16.1. The predicted octanol–water partition coefficient (Wildman–Crippen LogP) is 5.71. The number of anilines is 1. The molecular weight excluding hydrogens is 598 g/mol. The lowest BCUT2D eigenvalue weighted by molar-refractivity contribution is -0.140. The number of nitrogens with one attached hydrogen (secondary N) is 1. The molecule has 44 heavy (non-hydrogen) atoms. The van der Waals surface area contributed by atoms with Gasteiger partial charge in [-0.05, 0) is 53.9 Å². The van der Waals surface area contributed by atoms with Crippen LogP contribution in [0.3, 0.4) is 0 Å². The molecule has 0 saturated heterocycles. The Hall–Kier alpha value is -4.34. The molecule has 1 atom stereocenters. The van der Waals surface area contributed by atoms with Crippen LogP contribution in [0.25, 0.3) is 0 Å². The first-order valence-electron chi connectivity index (χ1n) is 14.3. The van der Waals surface area contributed by atoms with Crippen molar-refractivity contribution >= 4 is 39.1 Å². The Morgan fingerprint density at radius 3 is 2.18 bits per heavy atom. The Morgan fingerprint density at radius 2 is 1.52 bits per heavy atom. The molecule has 0 radical (unpaired) electrons. The second kappa shape index (κ2) is 15.4. The van der Waals surface area contributed by atoms with Gasteiger partial charge in [-0.2, -0.15) is 0 Å². The fourth-order valence-corrected chi connectivity index (χ4v) is 6.41. The van der Waals surface area contributed by atoms with Crippen LogP contribution in [-0.2, 0) is 32.6 Å². The van der Waals surface area contributed by atoms with Gasteiger partial charge in [0, 0.05) is 30.6 Å². The summed E-state index contributed by atoms with van der Waals surface area (Å²) < 4.78 is 34.5. The number of amides is 2. The van der Waals surface area contributed by atoms with Crippen molar-refractivity contribution in [1.82, 2.24) is 10.2 Å². The molecule has 0 aliphatic heterocycles. The van der Waals surface area contributed by atoms with Crippen molar-refractivity contribution in [2.24, 2.45) is 0 Å². The summed E-state index contributed by atoms with van der Waals surface area (Å²) >= 11 is 6.29. The van der Waals surface area contributed by atoms with Gasteiger partial charge in [0.1, 0.15) is 18.3 Å². The third kappa shape index (κ3) is 8.39. The summed E-state index contributed by atoms with van der Waals surface area (Å²) in [6.07, 6.45) is 0.943. The van der Waals surface area contributed by atoms with Gasteiger partial charge in [0.05, 0.1) is 17.7 Å². The van der Waals surface area contributed by atoms with E-state index in [4.69, 9.17) is 16.3 Å². The van der Waals surface area contributed by atoms with E-state index >= 15 is 0 Å². The van der Waals surface area contributed by atoms with Gasteiger partial charge in [-0.1, -0.05) is 85.3 Å². The molecule has 8 nitrogen and oxygen atoms in total. The normalized spacial score (nSPS) is 11.8. The second-order valence-corrected chi connectivity index (χ2v) is 12.5. The van der Waals surface area contributed by atoms with E-state index in [2.05, 4.69) is 5.32 Å². The van der Waals surface area contributed by atoms with Gasteiger partial charge in [0.2, 0.25) is 11.8 Å². The van der Waals surface area contributed by atoms with Crippen molar-refractivity contribution in [1.29, 1.82) is 0 Å². The van der Waals surface area contributed by atoms with Crippen molar-refractivity contribution in [2.75, 3.05) is 24.5 Å². The summed E-state index contributed by atoms with van der Waals surface area (Å²) in [6.45, 7) is 1.86. The second-order valence-electron chi connectivity index (χ2n) is 10.2. The van der Waals surface area contributed by atoms with Crippen LogP contribution in [0.5, 0.6) is 5.75 Å². The van der Waals surface area contributed by atoms with E-state index in [1.807, 2.05) is 43.3 Å². The topological polar surface area (TPSA) is 96.0 Å². The molecular formula is C34H36ClN3O5S. The number of hydrogen-bond acceptors (Lipinski definition) is 5. The van der Waals surface area contributed by atoms with Crippen LogP contribution in [0.4, 0.5) is 5.69 Å². The largest absolute Gasteiger partial charge is 0.497 e. The van der Waals surface area contributed by atoms with Crippen molar-refractivity contribution in [3.63, 3.8) is 0 Å². The Kier molecular flexibility index (Phi) is 11.4. The predicted molar refractivity (Wildman–Crippen MR) is 173 cm³/mol. The molecule has 0 fully saturated rings. The Labute approximate surface area is 264 Å². The number of carbonyl (C=O) groups is 2. The Morgan fingerprint density at radius 1 is 0.864 bits per heavy atom. The summed E-state index contributed by atoms with van der Waals surface area (Å²) in [5.41, 5.74) is 1.81. The van der Waals surface area contributed by atoms with Crippen molar-refractivity contribution in [2.45, 2.75) is 37.2 Å². The van der Waals surface area contributed by atoms with Gasteiger partial charge in [0.25, 0.3) is 10.0 Å². The zero-order valence-corrected chi connectivity index (χ0v) is 26.3. The molecule has 4 aromatic rings. The number of nitrogens with zero attached hydrogens (tertiary/aromatic N) is 2. The van der Waals surface area contributed by atoms with E-state index in [0.717, 1.165) is 9.87 Å². The number of halogens is 1. The fraction of sp³-hybridized carbons (Fsp3) is 0.235. The summed E-state index contributed by atoms with van der Waals surface area (Å²) in [4.78, 5) is 29.6. The molecule has 0 aromatic heterocycles. The maximum absolute atomic E-state index is 14.4. The number of hydrogen-bond donors (Lipinski definition) is 1. The first kappa shape index (κ1) is 32.6. The number of methoxy groups -OCH3 is 1. The molecule has 0 aliphatic carbocycles. The summed E-state index contributed by atoms with van der Waals surface area (Å²) in [6, 6.07) is 30.0. The highest BCUT2D eigenvalue weighted by molar-refractivity contribution is 7.92. The van der Waals surface area contributed by atoms with Gasteiger partial charge in [-0.3, -0.25) is 13.9 Å². The van der Waals surface area contributed by atoms with Crippen LogP contribution >= 0.6 is 11.6 Å². The van der Waals surface area contributed by atoms with Gasteiger partial charge < -0.3 is 15.0 Å². The maximum Gasteiger partial charge on any atom is 0.264 e. The number of rotatable bonds is 14. The van der Waals surface area contributed by atoms with E-state index in [1.54, 1.807) is 60.7 Å². The van der Waals surface area contributed by atoms with E-state index < -0.39 is 28.5 Å². The highest BCUT2D eigenvalue weighted by Gasteiger charge is 2.34. The fourth-order valence-electron chi connectivity index (χ4n) is 4.77. The summed E-state index contributed by atoms with van der Waals surface area (Å²) in [5.74, 6) is -0.454. The monoisotopic (exact) mass is 633 g/mol. The van der Waals surface area contributed by atoms with Crippen LogP contribution in [0.2, 0.25) is 5.02 Å². The Balaban J connectivity index is 1.80. The molecule has 10 heteroatoms. The van der Waals surface area contributed by atoms with Crippen LogP contribution in [0.15, 0.2) is 114 Å². The minimum atomic E-state index is -4.20. The van der Waals surface area contributed by atoms with E-state index in [-0.39, 0.29) is 29.5 Å². The molecule has 0 heterocycles. The number of benzene rings is 4. The molecule has 4 rings (SSSR count). The van der Waals surface area contributed by atoms with E-state index in [9.17, 15) is 18.0 Å². The van der Waals surface area contributed by atoms with Gasteiger partial charge in [-0.25, -0.2) is 8.42 Å². The lowest BCUT2D eigenvalue weighted by Gasteiger charge is -2.34. The molecule has 4 aromatic carbocycles. The summed E-state index contributed by atoms with van der Waals surface area (Å²) in [7, 11) is -2.72. The number of sulfonamides is 1. The molecule has 0 saturated carbocycles. The highest BCUT2D eigenvalue weighted by atomic mass is 35.5.